The third kappa shape index (κ3) is 2.95. The van der Waals surface area contributed by atoms with Gasteiger partial charge in [-0.2, -0.15) is 5.10 Å². The monoisotopic (exact) mass is 318 g/mol. The van der Waals surface area contributed by atoms with E-state index < -0.39 is 0 Å². The molecule has 0 radical (unpaired) electrons. The van der Waals surface area contributed by atoms with Gasteiger partial charge < -0.3 is 14.2 Å². The lowest BCUT2D eigenvalue weighted by Crippen LogP contribution is -2.34. The summed E-state index contributed by atoms with van der Waals surface area (Å²) in [7, 11) is 1.86. The van der Waals surface area contributed by atoms with Gasteiger partial charge in [0.15, 0.2) is 12.4 Å². The summed E-state index contributed by atoms with van der Waals surface area (Å²) in [6.45, 7) is 6.40. The smallest absolute Gasteiger partial charge is 0.261 e. The van der Waals surface area contributed by atoms with Crippen molar-refractivity contribution in [3.8, 4) is 5.75 Å². The molecule has 1 amide bonds. The van der Waals surface area contributed by atoms with Crippen molar-refractivity contribution in [1.82, 2.24) is 19.8 Å². The van der Waals surface area contributed by atoms with Gasteiger partial charge in [-0.15, -0.1) is 0 Å². The number of rotatable bonds is 4. The van der Waals surface area contributed by atoms with Gasteiger partial charge in [0.1, 0.15) is 17.1 Å². The maximum atomic E-state index is 12.6. The predicted octanol–water partition coefficient (Wildman–Crippen LogP) is 2.08. The van der Waals surface area contributed by atoms with Gasteiger partial charge in [-0.1, -0.05) is 5.16 Å². The van der Waals surface area contributed by atoms with Crippen LogP contribution in [0.1, 0.15) is 41.7 Å². The number of carbonyl (C=O) groups excluding carboxylic acids is 1. The Bertz CT molecular complexity index is 719. The first kappa shape index (κ1) is 15.6. The normalized spacial score (nSPS) is 17.7. The number of amides is 1. The molecule has 2 aromatic heterocycles. The molecule has 0 N–H and O–H groups in total. The molecule has 23 heavy (non-hydrogen) atoms. The highest BCUT2D eigenvalue weighted by Gasteiger charge is 2.32. The number of likely N-dealkylation sites (tertiary alicyclic amines) is 1. The molecule has 3 rings (SSSR count). The fourth-order valence-corrected chi connectivity index (χ4v) is 3.10. The van der Waals surface area contributed by atoms with E-state index in [0.29, 0.717) is 5.75 Å². The van der Waals surface area contributed by atoms with Crippen molar-refractivity contribution in [3.05, 3.63) is 28.9 Å². The van der Waals surface area contributed by atoms with Crippen LogP contribution in [0.2, 0.25) is 0 Å². The van der Waals surface area contributed by atoms with Crippen LogP contribution >= 0.6 is 0 Å². The van der Waals surface area contributed by atoms with Crippen LogP contribution in [0.5, 0.6) is 5.75 Å². The molecule has 2 aromatic rings. The van der Waals surface area contributed by atoms with Gasteiger partial charge in [-0.3, -0.25) is 9.48 Å². The van der Waals surface area contributed by atoms with Crippen molar-refractivity contribution < 1.29 is 14.1 Å². The van der Waals surface area contributed by atoms with Crippen LogP contribution in [0, 0.1) is 20.8 Å². The molecule has 1 saturated heterocycles. The molecule has 1 aliphatic heterocycles. The first-order valence-electron chi connectivity index (χ1n) is 7.83. The molecule has 0 aliphatic carbocycles. The lowest BCUT2D eigenvalue weighted by atomic mass is 10.1. The molecule has 0 bridgehead atoms. The van der Waals surface area contributed by atoms with Crippen molar-refractivity contribution in [3.63, 3.8) is 0 Å². The Morgan fingerprint density at radius 3 is 2.83 bits per heavy atom. The Kier molecular flexibility index (Phi) is 4.11. The fourth-order valence-electron chi connectivity index (χ4n) is 3.10. The average Bonchev–Trinajstić information content (AvgIpc) is 3.19. The van der Waals surface area contributed by atoms with Crippen molar-refractivity contribution in [2.45, 2.75) is 39.7 Å². The highest BCUT2D eigenvalue weighted by Crippen LogP contribution is 2.31. The van der Waals surface area contributed by atoms with Gasteiger partial charge in [-0.25, -0.2) is 0 Å². The van der Waals surface area contributed by atoms with Crippen molar-refractivity contribution in [1.29, 1.82) is 0 Å². The Morgan fingerprint density at radius 2 is 2.22 bits per heavy atom. The number of ether oxygens (including phenoxy) is 1. The van der Waals surface area contributed by atoms with E-state index in [0.717, 1.165) is 42.2 Å². The third-order valence-corrected chi connectivity index (χ3v) is 4.34. The second-order valence-electron chi connectivity index (χ2n) is 6.02. The van der Waals surface area contributed by atoms with Gasteiger partial charge in [0.25, 0.3) is 5.91 Å². The zero-order valence-electron chi connectivity index (χ0n) is 14.0. The lowest BCUT2D eigenvalue weighted by molar-refractivity contribution is -0.134. The van der Waals surface area contributed by atoms with E-state index >= 15 is 0 Å². The van der Waals surface area contributed by atoms with E-state index in [-0.39, 0.29) is 18.6 Å². The third-order valence-electron chi connectivity index (χ3n) is 4.34. The number of nitrogens with zero attached hydrogens (tertiary/aromatic N) is 4. The zero-order chi connectivity index (χ0) is 16.6. The van der Waals surface area contributed by atoms with Crippen LogP contribution < -0.4 is 4.74 Å². The van der Waals surface area contributed by atoms with Crippen LogP contribution in [-0.4, -0.2) is 38.9 Å². The van der Waals surface area contributed by atoms with Gasteiger partial charge in [-0.05, 0) is 33.6 Å². The highest BCUT2D eigenvalue weighted by atomic mass is 16.5. The lowest BCUT2D eigenvalue weighted by Gasteiger charge is -2.23. The maximum Gasteiger partial charge on any atom is 0.261 e. The van der Waals surface area contributed by atoms with E-state index in [1.807, 2.05) is 38.8 Å². The quantitative estimate of drug-likeness (QED) is 0.863. The minimum absolute atomic E-state index is 0.0142. The molecule has 0 spiro atoms. The van der Waals surface area contributed by atoms with Crippen LogP contribution in [0.3, 0.4) is 0 Å². The van der Waals surface area contributed by atoms with Crippen LogP contribution in [0.25, 0.3) is 0 Å². The number of hydrogen-bond donors (Lipinski definition) is 0. The molecule has 3 heterocycles. The Hall–Kier alpha value is -2.31. The summed E-state index contributed by atoms with van der Waals surface area (Å²) in [5.41, 5.74) is 2.53. The summed E-state index contributed by atoms with van der Waals surface area (Å²) >= 11 is 0. The molecule has 1 fully saturated rings. The Morgan fingerprint density at radius 1 is 1.43 bits per heavy atom. The summed E-state index contributed by atoms with van der Waals surface area (Å²) in [5, 5.41) is 8.35. The summed E-state index contributed by atoms with van der Waals surface area (Å²) in [4.78, 5) is 14.4. The highest BCUT2D eigenvalue weighted by molar-refractivity contribution is 5.78. The molecule has 0 saturated carbocycles. The van der Waals surface area contributed by atoms with E-state index in [9.17, 15) is 4.79 Å². The minimum Gasteiger partial charge on any atom is -0.480 e. The molecule has 1 atom stereocenters. The molecule has 7 nitrogen and oxygen atoms in total. The average molecular weight is 318 g/mol. The predicted molar refractivity (Wildman–Crippen MR) is 83.1 cm³/mol. The van der Waals surface area contributed by atoms with E-state index in [1.54, 1.807) is 4.68 Å². The molecule has 0 aromatic carbocycles. The van der Waals surface area contributed by atoms with Crippen LogP contribution in [-0.2, 0) is 11.8 Å². The largest absolute Gasteiger partial charge is 0.480 e. The summed E-state index contributed by atoms with van der Waals surface area (Å²) in [6, 6.07) is 1.88. The standard InChI is InChI=1S/C16H22N4O3/c1-10-8-13(18-23-10)14-6-5-7-20(14)15(21)9-22-16-11(2)17-19(4)12(16)3/h8,14H,5-7,9H2,1-4H3. The molecular weight excluding hydrogens is 296 g/mol. The van der Waals surface area contributed by atoms with E-state index in [1.165, 1.54) is 0 Å². The van der Waals surface area contributed by atoms with Crippen molar-refractivity contribution in [2.75, 3.05) is 13.2 Å². The Labute approximate surface area is 135 Å². The van der Waals surface area contributed by atoms with E-state index in [2.05, 4.69) is 10.3 Å². The van der Waals surface area contributed by atoms with Crippen molar-refractivity contribution >= 4 is 5.91 Å². The van der Waals surface area contributed by atoms with Gasteiger partial charge in [0.05, 0.1) is 11.7 Å². The van der Waals surface area contributed by atoms with E-state index in [4.69, 9.17) is 9.26 Å². The number of aromatic nitrogens is 3. The topological polar surface area (TPSA) is 73.4 Å². The summed E-state index contributed by atoms with van der Waals surface area (Å²) in [5.74, 6) is 1.42. The van der Waals surface area contributed by atoms with Crippen LogP contribution in [0.15, 0.2) is 10.6 Å². The Balaban J connectivity index is 1.68. The first-order chi connectivity index (χ1) is 11.0. The number of hydrogen-bond acceptors (Lipinski definition) is 5. The first-order valence-corrected chi connectivity index (χ1v) is 7.83. The molecule has 7 heteroatoms. The molecule has 124 valence electrons. The SMILES string of the molecule is Cc1cc(C2CCCN2C(=O)COc2c(C)nn(C)c2C)no1. The zero-order valence-corrected chi connectivity index (χ0v) is 14.0. The number of carbonyl (C=O) groups is 1. The van der Waals surface area contributed by atoms with Gasteiger partial charge in [0, 0.05) is 19.7 Å². The van der Waals surface area contributed by atoms with Gasteiger partial charge in [0.2, 0.25) is 0 Å². The maximum absolute atomic E-state index is 12.6. The molecular formula is C16H22N4O3. The van der Waals surface area contributed by atoms with Gasteiger partial charge >= 0.3 is 0 Å². The minimum atomic E-state index is -0.0317. The number of aryl methyl sites for hydroxylation is 3. The molecule has 1 aliphatic rings. The van der Waals surface area contributed by atoms with Crippen LogP contribution in [0.4, 0.5) is 0 Å². The second kappa shape index (κ2) is 6.06. The van der Waals surface area contributed by atoms with Crippen molar-refractivity contribution in [2.24, 2.45) is 7.05 Å². The fraction of sp³-hybridized carbons (Fsp3) is 0.562. The molecule has 1 unspecified atom stereocenters. The summed E-state index contributed by atoms with van der Waals surface area (Å²) < 4.78 is 12.6. The summed E-state index contributed by atoms with van der Waals surface area (Å²) in [6.07, 6.45) is 1.87. The second-order valence-corrected chi connectivity index (χ2v) is 6.02.